The van der Waals surface area contributed by atoms with Gasteiger partial charge in [0.1, 0.15) is 0 Å². The minimum Gasteiger partial charge on any atom is -0.350 e. The molecule has 0 aromatic heterocycles. The monoisotopic (exact) mass is 470 g/mol. The van der Waals surface area contributed by atoms with Gasteiger partial charge in [-0.05, 0) is 75.0 Å². The molecule has 1 aromatic rings. The summed E-state index contributed by atoms with van der Waals surface area (Å²) in [5.74, 6) is 0.633. The van der Waals surface area contributed by atoms with Crippen LogP contribution in [0.25, 0.3) is 0 Å². The van der Waals surface area contributed by atoms with Gasteiger partial charge in [-0.3, -0.25) is 19.4 Å². The van der Waals surface area contributed by atoms with Gasteiger partial charge in [0.25, 0.3) is 5.91 Å². The van der Waals surface area contributed by atoms with Gasteiger partial charge in [0.15, 0.2) is 0 Å². The number of nitrogens with one attached hydrogen (secondary N) is 1. The molecule has 1 atom stereocenters. The number of anilines is 1. The lowest BCUT2D eigenvalue weighted by molar-refractivity contribution is -0.116. The summed E-state index contributed by atoms with van der Waals surface area (Å²) in [5.41, 5.74) is 2.74. The molecule has 0 radical (unpaired) electrons. The standard InChI is InChI=1S/C28H46N4O2/c1-5-31-16-11-12-26(31)19-29-28(34)24-13-14-27-25(18-24)21-30(20-22(2)3)15-9-7-6-8-10-17-32(27)23(4)33/h13-14,18,22,26H,5-12,15-17,19-21H2,1-4H3,(H,29,34). The molecule has 190 valence electrons. The average molecular weight is 471 g/mol. The van der Waals surface area contributed by atoms with Crippen molar-refractivity contribution in [1.29, 1.82) is 0 Å². The van der Waals surface area contributed by atoms with Crippen molar-refractivity contribution in [1.82, 2.24) is 15.1 Å². The second-order valence-corrected chi connectivity index (χ2v) is 10.5. The molecule has 34 heavy (non-hydrogen) atoms. The van der Waals surface area contributed by atoms with Crippen LogP contribution in [0.1, 0.15) is 88.6 Å². The Morgan fingerprint density at radius 2 is 1.76 bits per heavy atom. The number of carbonyl (C=O) groups excluding carboxylic acids is 2. The summed E-state index contributed by atoms with van der Waals surface area (Å²) >= 11 is 0. The lowest BCUT2D eigenvalue weighted by atomic mass is 10.0. The van der Waals surface area contributed by atoms with E-state index in [1.165, 1.54) is 25.7 Å². The number of hydrogen-bond donors (Lipinski definition) is 1. The molecule has 1 saturated heterocycles. The van der Waals surface area contributed by atoms with Gasteiger partial charge in [-0.15, -0.1) is 0 Å². The van der Waals surface area contributed by atoms with E-state index < -0.39 is 0 Å². The number of amides is 2. The Kier molecular flexibility index (Phi) is 10.4. The largest absolute Gasteiger partial charge is 0.350 e. The maximum Gasteiger partial charge on any atom is 0.251 e. The fourth-order valence-electron chi connectivity index (χ4n) is 5.55. The number of benzene rings is 1. The van der Waals surface area contributed by atoms with E-state index >= 15 is 0 Å². The van der Waals surface area contributed by atoms with Crippen LogP contribution in [0.4, 0.5) is 5.69 Å². The van der Waals surface area contributed by atoms with E-state index in [2.05, 4.69) is 35.9 Å². The second kappa shape index (κ2) is 13.2. The Bertz CT molecular complexity index is 810. The zero-order valence-electron chi connectivity index (χ0n) is 21.9. The van der Waals surface area contributed by atoms with Crippen LogP contribution in [-0.4, -0.2) is 66.9 Å². The topological polar surface area (TPSA) is 55.9 Å². The number of hydrogen-bond acceptors (Lipinski definition) is 4. The molecular weight excluding hydrogens is 424 g/mol. The highest BCUT2D eigenvalue weighted by atomic mass is 16.2. The van der Waals surface area contributed by atoms with Gasteiger partial charge >= 0.3 is 0 Å². The van der Waals surface area contributed by atoms with Crippen LogP contribution < -0.4 is 10.2 Å². The zero-order chi connectivity index (χ0) is 24.5. The number of nitrogens with zero attached hydrogens (tertiary/aromatic N) is 3. The predicted octanol–water partition coefficient (Wildman–Crippen LogP) is 4.68. The Morgan fingerprint density at radius 1 is 1.03 bits per heavy atom. The van der Waals surface area contributed by atoms with Crippen molar-refractivity contribution in [2.45, 2.75) is 85.2 Å². The maximum atomic E-state index is 13.1. The quantitative estimate of drug-likeness (QED) is 0.656. The molecule has 2 aliphatic rings. The summed E-state index contributed by atoms with van der Waals surface area (Å²) in [6.07, 6.45) is 8.19. The molecule has 1 aromatic carbocycles. The first-order chi connectivity index (χ1) is 16.4. The van der Waals surface area contributed by atoms with Crippen LogP contribution in [0.15, 0.2) is 18.2 Å². The number of likely N-dealkylation sites (tertiary alicyclic amines) is 1. The van der Waals surface area contributed by atoms with E-state index in [9.17, 15) is 9.59 Å². The summed E-state index contributed by atoms with van der Waals surface area (Å²) in [5, 5.41) is 3.18. The van der Waals surface area contributed by atoms with Crippen LogP contribution >= 0.6 is 0 Å². The van der Waals surface area contributed by atoms with Gasteiger partial charge in [0.05, 0.1) is 0 Å². The normalized spacial score (nSPS) is 21.1. The maximum absolute atomic E-state index is 13.1. The SMILES string of the molecule is CCN1CCCC1CNC(=O)c1ccc2c(c1)CN(CC(C)C)CCCCCCCN2C(C)=O. The lowest BCUT2D eigenvalue weighted by Crippen LogP contribution is -2.40. The van der Waals surface area contributed by atoms with Crippen molar-refractivity contribution in [3.05, 3.63) is 29.3 Å². The second-order valence-electron chi connectivity index (χ2n) is 10.5. The first kappa shape index (κ1) is 26.7. The Balaban J connectivity index is 1.84. The highest BCUT2D eigenvalue weighted by molar-refractivity contribution is 5.97. The van der Waals surface area contributed by atoms with Crippen LogP contribution in [0.2, 0.25) is 0 Å². The molecule has 1 fully saturated rings. The third-order valence-electron chi connectivity index (χ3n) is 7.29. The highest BCUT2D eigenvalue weighted by Gasteiger charge is 2.24. The van der Waals surface area contributed by atoms with Gasteiger partial charge in [-0.2, -0.15) is 0 Å². The van der Waals surface area contributed by atoms with Crippen molar-refractivity contribution in [3.63, 3.8) is 0 Å². The molecule has 1 unspecified atom stereocenters. The number of carbonyl (C=O) groups is 2. The third-order valence-corrected chi connectivity index (χ3v) is 7.29. The summed E-state index contributed by atoms with van der Waals surface area (Å²) < 4.78 is 0. The molecule has 6 nitrogen and oxygen atoms in total. The minimum absolute atomic E-state index is 0.0124. The van der Waals surface area contributed by atoms with Gasteiger partial charge in [-0.1, -0.05) is 40.0 Å². The minimum atomic E-state index is -0.0124. The first-order valence-electron chi connectivity index (χ1n) is 13.5. The molecule has 0 spiro atoms. The van der Waals surface area contributed by atoms with E-state index in [-0.39, 0.29) is 11.8 Å². The average Bonchev–Trinajstić information content (AvgIpc) is 3.25. The van der Waals surface area contributed by atoms with Gasteiger partial charge in [0, 0.05) is 50.4 Å². The van der Waals surface area contributed by atoms with E-state index in [0.29, 0.717) is 24.1 Å². The lowest BCUT2D eigenvalue weighted by Gasteiger charge is -2.30. The highest BCUT2D eigenvalue weighted by Crippen LogP contribution is 2.26. The summed E-state index contributed by atoms with van der Waals surface area (Å²) in [4.78, 5) is 32.6. The molecule has 6 heteroatoms. The predicted molar refractivity (Wildman–Crippen MR) is 140 cm³/mol. The molecule has 0 saturated carbocycles. The van der Waals surface area contributed by atoms with E-state index in [1.807, 2.05) is 23.1 Å². The van der Waals surface area contributed by atoms with E-state index in [1.54, 1.807) is 6.92 Å². The van der Waals surface area contributed by atoms with Crippen molar-refractivity contribution in [2.75, 3.05) is 44.2 Å². The first-order valence-corrected chi connectivity index (χ1v) is 13.5. The molecular formula is C28H46N4O2. The molecule has 2 aliphatic heterocycles. The fraction of sp³-hybridized carbons (Fsp3) is 0.714. The van der Waals surface area contributed by atoms with Crippen molar-refractivity contribution < 1.29 is 9.59 Å². The van der Waals surface area contributed by atoms with Gasteiger partial charge < -0.3 is 10.2 Å². The summed E-state index contributed by atoms with van der Waals surface area (Å²) in [7, 11) is 0. The zero-order valence-corrected chi connectivity index (χ0v) is 21.9. The molecule has 0 bridgehead atoms. The fourth-order valence-corrected chi connectivity index (χ4v) is 5.55. The van der Waals surface area contributed by atoms with Crippen LogP contribution in [0, 0.1) is 5.92 Å². The van der Waals surface area contributed by atoms with Crippen molar-refractivity contribution >= 4 is 17.5 Å². The summed E-state index contributed by atoms with van der Waals surface area (Å²) in [6.45, 7) is 14.8. The Morgan fingerprint density at radius 3 is 2.47 bits per heavy atom. The van der Waals surface area contributed by atoms with Crippen LogP contribution in [-0.2, 0) is 11.3 Å². The summed E-state index contributed by atoms with van der Waals surface area (Å²) in [6, 6.07) is 6.37. The Hall–Kier alpha value is -1.92. The molecule has 0 aliphatic carbocycles. The van der Waals surface area contributed by atoms with Crippen LogP contribution in [0.5, 0.6) is 0 Å². The van der Waals surface area contributed by atoms with Crippen molar-refractivity contribution in [3.8, 4) is 0 Å². The van der Waals surface area contributed by atoms with E-state index in [4.69, 9.17) is 0 Å². The van der Waals surface area contributed by atoms with Gasteiger partial charge in [0.2, 0.25) is 5.91 Å². The smallest absolute Gasteiger partial charge is 0.251 e. The molecule has 3 rings (SSSR count). The Labute approximate surface area is 207 Å². The van der Waals surface area contributed by atoms with Crippen molar-refractivity contribution in [2.24, 2.45) is 5.92 Å². The molecule has 2 amide bonds. The van der Waals surface area contributed by atoms with E-state index in [0.717, 1.165) is 69.8 Å². The van der Waals surface area contributed by atoms with Gasteiger partial charge in [-0.25, -0.2) is 0 Å². The number of likely N-dealkylation sites (N-methyl/N-ethyl adjacent to an activating group) is 1. The number of rotatable bonds is 6. The third kappa shape index (κ3) is 7.54. The number of fused-ring (bicyclic) bond motifs is 1. The molecule has 2 heterocycles. The molecule has 1 N–H and O–H groups in total. The van der Waals surface area contributed by atoms with Crippen LogP contribution in [0.3, 0.4) is 0 Å².